The molecule has 21 heavy (non-hydrogen) atoms. The van der Waals surface area contributed by atoms with Gasteiger partial charge >= 0.3 is 5.97 Å². The van der Waals surface area contributed by atoms with E-state index in [0.29, 0.717) is 18.7 Å². The number of carbonyl (C=O) groups is 2. The van der Waals surface area contributed by atoms with Crippen molar-refractivity contribution in [2.75, 3.05) is 26.8 Å². The zero-order valence-corrected chi connectivity index (χ0v) is 11.6. The molecule has 0 spiro atoms. The van der Waals surface area contributed by atoms with Crippen molar-refractivity contribution in [3.63, 3.8) is 0 Å². The van der Waals surface area contributed by atoms with Crippen molar-refractivity contribution in [2.24, 2.45) is 0 Å². The van der Waals surface area contributed by atoms with E-state index in [2.05, 4.69) is 0 Å². The molecule has 0 saturated carbocycles. The van der Waals surface area contributed by atoms with E-state index >= 15 is 0 Å². The van der Waals surface area contributed by atoms with Crippen molar-refractivity contribution >= 4 is 11.9 Å². The third-order valence-electron chi connectivity index (χ3n) is 3.25. The molecule has 1 fully saturated rings. The van der Waals surface area contributed by atoms with Gasteiger partial charge in [0, 0.05) is 18.7 Å². The average molecular weight is 295 g/mol. The number of phenols is 1. The van der Waals surface area contributed by atoms with Gasteiger partial charge < -0.3 is 24.6 Å². The molecule has 1 atom stereocenters. The van der Waals surface area contributed by atoms with Crippen LogP contribution in [0.15, 0.2) is 18.2 Å². The predicted molar refractivity (Wildman–Crippen MR) is 72.6 cm³/mol. The van der Waals surface area contributed by atoms with Crippen molar-refractivity contribution in [1.29, 1.82) is 0 Å². The van der Waals surface area contributed by atoms with Gasteiger partial charge in [-0.25, -0.2) is 0 Å². The van der Waals surface area contributed by atoms with Crippen molar-refractivity contribution < 1.29 is 29.3 Å². The molecule has 1 aromatic rings. The first-order valence-electron chi connectivity index (χ1n) is 6.51. The molecule has 2 N–H and O–H groups in total. The van der Waals surface area contributed by atoms with Gasteiger partial charge in [0.2, 0.25) is 0 Å². The second-order valence-corrected chi connectivity index (χ2v) is 4.73. The van der Waals surface area contributed by atoms with E-state index in [1.807, 2.05) is 0 Å². The van der Waals surface area contributed by atoms with Crippen LogP contribution in [0.5, 0.6) is 11.5 Å². The molecule has 1 saturated heterocycles. The fourth-order valence-corrected chi connectivity index (χ4v) is 2.23. The number of ether oxygens (including phenoxy) is 2. The molecule has 1 aliphatic rings. The van der Waals surface area contributed by atoms with Crippen LogP contribution in [0.1, 0.15) is 16.8 Å². The van der Waals surface area contributed by atoms with Crippen molar-refractivity contribution in [3.8, 4) is 11.5 Å². The average Bonchev–Trinajstić information content (AvgIpc) is 2.46. The van der Waals surface area contributed by atoms with Gasteiger partial charge in [-0.2, -0.15) is 0 Å². The van der Waals surface area contributed by atoms with Gasteiger partial charge in [0.25, 0.3) is 5.91 Å². The number of rotatable bonds is 4. The Kier molecular flexibility index (Phi) is 4.64. The number of amides is 1. The normalized spacial score (nSPS) is 18.3. The number of hydrogen-bond donors (Lipinski definition) is 2. The maximum absolute atomic E-state index is 12.4. The number of carboxylic acid groups (broad SMARTS) is 1. The SMILES string of the molecule is COc1ccc(C(=O)N2CCOC(CC(=O)O)C2)cc1O. The van der Waals surface area contributed by atoms with Crippen LogP contribution in [0.3, 0.4) is 0 Å². The highest BCUT2D eigenvalue weighted by atomic mass is 16.5. The lowest BCUT2D eigenvalue weighted by molar-refractivity contribution is -0.141. The molecule has 1 unspecified atom stereocenters. The van der Waals surface area contributed by atoms with Gasteiger partial charge in [0.15, 0.2) is 11.5 Å². The molecule has 0 radical (unpaired) electrons. The zero-order valence-electron chi connectivity index (χ0n) is 11.6. The number of hydrogen-bond acceptors (Lipinski definition) is 5. The van der Waals surface area contributed by atoms with Crippen molar-refractivity contribution in [1.82, 2.24) is 4.90 Å². The van der Waals surface area contributed by atoms with E-state index in [1.165, 1.54) is 24.1 Å². The molecule has 1 aliphatic heterocycles. The summed E-state index contributed by atoms with van der Waals surface area (Å²) in [7, 11) is 1.43. The molecule has 1 amide bonds. The molecule has 114 valence electrons. The van der Waals surface area contributed by atoms with Crippen LogP contribution in [0.2, 0.25) is 0 Å². The van der Waals surface area contributed by atoms with Crippen LogP contribution >= 0.6 is 0 Å². The van der Waals surface area contributed by atoms with Crippen LogP contribution in [0, 0.1) is 0 Å². The molecule has 0 bridgehead atoms. The van der Waals surface area contributed by atoms with Crippen LogP contribution in [0.25, 0.3) is 0 Å². The maximum Gasteiger partial charge on any atom is 0.306 e. The number of aromatic hydroxyl groups is 1. The van der Waals surface area contributed by atoms with Crippen molar-refractivity contribution in [2.45, 2.75) is 12.5 Å². The lowest BCUT2D eigenvalue weighted by atomic mass is 10.1. The van der Waals surface area contributed by atoms with Gasteiger partial charge in [-0.15, -0.1) is 0 Å². The summed E-state index contributed by atoms with van der Waals surface area (Å²) in [6.45, 7) is 0.908. The Labute approximate surface area is 121 Å². The lowest BCUT2D eigenvalue weighted by Crippen LogP contribution is -2.46. The largest absolute Gasteiger partial charge is 0.504 e. The fourth-order valence-electron chi connectivity index (χ4n) is 2.23. The Bertz CT molecular complexity index is 544. The number of aliphatic carboxylic acids is 1. The fraction of sp³-hybridized carbons (Fsp3) is 0.429. The number of carboxylic acids is 1. The minimum absolute atomic E-state index is 0.112. The smallest absolute Gasteiger partial charge is 0.306 e. The first-order chi connectivity index (χ1) is 10.0. The van der Waals surface area contributed by atoms with E-state index in [0.717, 1.165) is 0 Å². The summed E-state index contributed by atoms with van der Waals surface area (Å²) in [6, 6.07) is 4.41. The highest BCUT2D eigenvalue weighted by Crippen LogP contribution is 2.27. The van der Waals surface area contributed by atoms with Crippen molar-refractivity contribution in [3.05, 3.63) is 23.8 Å². The quantitative estimate of drug-likeness (QED) is 0.849. The van der Waals surface area contributed by atoms with Crippen LogP contribution < -0.4 is 4.74 Å². The van der Waals surface area contributed by atoms with E-state index in [-0.39, 0.29) is 30.4 Å². The Balaban J connectivity index is 2.08. The monoisotopic (exact) mass is 295 g/mol. The summed E-state index contributed by atoms with van der Waals surface area (Å²) in [5, 5.41) is 18.5. The van der Waals surface area contributed by atoms with Crippen LogP contribution in [0.4, 0.5) is 0 Å². The van der Waals surface area contributed by atoms with Gasteiger partial charge in [-0.05, 0) is 18.2 Å². The minimum atomic E-state index is -0.962. The molecular weight excluding hydrogens is 278 g/mol. The third-order valence-corrected chi connectivity index (χ3v) is 3.25. The number of nitrogens with zero attached hydrogens (tertiary/aromatic N) is 1. The van der Waals surface area contributed by atoms with E-state index in [9.17, 15) is 14.7 Å². The standard InChI is InChI=1S/C14H17NO6/c1-20-12-3-2-9(6-11(12)16)14(19)15-4-5-21-10(8-15)7-13(17)18/h2-3,6,10,16H,4-5,7-8H2,1H3,(H,17,18). The lowest BCUT2D eigenvalue weighted by Gasteiger charge is -2.32. The number of benzene rings is 1. The molecule has 7 nitrogen and oxygen atoms in total. The highest BCUT2D eigenvalue weighted by Gasteiger charge is 2.26. The van der Waals surface area contributed by atoms with Gasteiger partial charge in [0.1, 0.15) is 0 Å². The summed E-state index contributed by atoms with van der Waals surface area (Å²) in [5.74, 6) is -1.06. The highest BCUT2D eigenvalue weighted by molar-refractivity contribution is 5.95. The van der Waals surface area contributed by atoms with E-state index < -0.39 is 12.1 Å². The number of methoxy groups -OCH3 is 1. The summed E-state index contributed by atoms with van der Waals surface area (Å²) in [6.07, 6.45) is -0.649. The molecule has 0 aromatic heterocycles. The van der Waals surface area contributed by atoms with E-state index in [1.54, 1.807) is 6.07 Å². The minimum Gasteiger partial charge on any atom is -0.504 e. The maximum atomic E-state index is 12.4. The summed E-state index contributed by atoms with van der Waals surface area (Å²) < 4.78 is 10.2. The Morgan fingerprint density at radius 2 is 2.24 bits per heavy atom. The second-order valence-electron chi connectivity index (χ2n) is 4.73. The molecule has 1 aromatic carbocycles. The zero-order chi connectivity index (χ0) is 15.4. The Morgan fingerprint density at radius 3 is 2.86 bits per heavy atom. The summed E-state index contributed by atoms with van der Waals surface area (Å²) >= 11 is 0. The first kappa shape index (κ1) is 15.1. The molecule has 2 rings (SSSR count). The van der Waals surface area contributed by atoms with Gasteiger partial charge in [-0.1, -0.05) is 0 Å². The molecule has 7 heteroatoms. The topological polar surface area (TPSA) is 96.3 Å². The van der Waals surface area contributed by atoms with Crippen LogP contribution in [-0.2, 0) is 9.53 Å². The van der Waals surface area contributed by atoms with Gasteiger partial charge in [0.05, 0.1) is 26.2 Å². The molecule has 1 heterocycles. The number of morpholine rings is 1. The molecular formula is C14H17NO6. The van der Waals surface area contributed by atoms with Gasteiger partial charge in [-0.3, -0.25) is 9.59 Å². The predicted octanol–water partition coefficient (Wildman–Crippen LogP) is 0.716. The number of carbonyl (C=O) groups excluding carboxylic acids is 1. The summed E-state index contributed by atoms with van der Waals surface area (Å²) in [5.41, 5.74) is 0.323. The Morgan fingerprint density at radius 1 is 1.48 bits per heavy atom. The Hall–Kier alpha value is -2.28. The molecule has 0 aliphatic carbocycles. The first-order valence-corrected chi connectivity index (χ1v) is 6.51. The van der Waals surface area contributed by atoms with E-state index in [4.69, 9.17) is 14.6 Å². The second kappa shape index (κ2) is 6.45. The van der Waals surface area contributed by atoms with Crippen LogP contribution in [-0.4, -0.2) is 59.9 Å². The number of phenolic OH excluding ortho intramolecular Hbond substituents is 1. The third kappa shape index (κ3) is 3.63. The summed E-state index contributed by atoms with van der Waals surface area (Å²) in [4.78, 5) is 24.6.